The monoisotopic (exact) mass is 479 g/mol. The van der Waals surface area contributed by atoms with E-state index in [0.29, 0.717) is 45.2 Å². The highest BCUT2D eigenvalue weighted by molar-refractivity contribution is 6.12. The lowest BCUT2D eigenvalue weighted by molar-refractivity contribution is -0.137. The van der Waals surface area contributed by atoms with Gasteiger partial charge in [0.1, 0.15) is 6.04 Å². The summed E-state index contributed by atoms with van der Waals surface area (Å²) in [6, 6.07) is -2.16. The van der Waals surface area contributed by atoms with Crippen molar-refractivity contribution in [1.82, 2.24) is 20.9 Å². The van der Waals surface area contributed by atoms with Crippen LogP contribution in [0.3, 0.4) is 0 Å². The van der Waals surface area contributed by atoms with Crippen molar-refractivity contribution in [2.45, 2.75) is 77.8 Å². The Bertz CT molecular complexity index is 777. The molecule has 0 aromatic rings. The summed E-state index contributed by atoms with van der Waals surface area (Å²) in [5, 5.41) is 7.92. The number of carbonyl (C=O) groups excluding carboxylic acids is 6. The Morgan fingerprint density at radius 1 is 0.971 bits per heavy atom. The number of nitrogens with zero attached hydrogens (tertiary/aromatic N) is 1. The first-order valence-corrected chi connectivity index (χ1v) is 11.8. The Kier molecular flexibility index (Phi) is 12.5. The maximum atomic E-state index is 12.8. The first kappa shape index (κ1) is 28.8. The number of ketones is 1. The van der Waals surface area contributed by atoms with Crippen LogP contribution < -0.4 is 21.7 Å². The molecule has 0 spiro atoms. The molecular formula is C23H37N5O6. The molecule has 1 aliphatic rings. The minimum atomic E-state index is -0.797. The number of carbonyl (C=O) groups is 6. The van der Waals surface area contributed by atoms with E-state index in [0.717, 1.165) is 4.90 Å². The standard InChI is InChI=1S/C23H37N5O6/c1-4-17(29)16(9-8-13-25-23(24)34)26-22(33)21(15(2)3)27-18(30)10-6-5-7-14-28-19(31)11-12-20(28)32/h11-12,15-16,21H,4-10,13-14H2,1-3H3,(H,26,33)(H,27,30)(H3,24,25,34)/t16-,21?/m0/s1. The SMILES string of the molecule is CCC(=O)[C@H](CCCNC(N)=O)NC(=O)C(NC(=O)CCCCCN1C(=O)C=CC1=O)C(C)C. The van der Waals surface area contributed by atoms with Crippen molar-refractivity contribution in [2.24, 2.45) is 11.7 Å². The molecule has 5 N–H and O–H groups in total. The number of hydrogen-bond acceptors (Lipinski definition) is 6. The number of amides is 6. The van der Waals surface area contributed by atoms with Crippen LogP contribution in [0.5, 0.6) is 0 Å². The third kappa shape index (κ3) is 10.1. The van der Waals surface area contributed by atoms with Crippen LogP contribution in [0.4, 0.5) is 4.79 Å². The van der Waals surface area contributed by atoms with Gasteiger partial charge in [-0.3, -0.25) is 28.9 Å². The number of imide groups is 1. The first-order chi connectivity index (χ1) is 16.1. The lowest BCUT2D eigenvalue weighted by Crippen LogP contribution is -2.53. The normalized spacial score (nSPS) is 14.8. The van der Waals surface area contributed by atoms with E-state index in [9.17, 15) is 28.8 Å². The number of nitrogens with one attached hydrogen (secondary N) is 3. The highest BCUT2D eigenvalue weighted by Crippen LogP contribution is 2.10. The van der Waals surface area contributed by atoms with E-state index in [-0.39, 0.29) is 42.3 Å². The van der Waals surface area contributed by atoms with Crippen LogP contribution in [0.1, 0.15) is 65.7 Å². The summed E-state index contributed by atoms with van der Waals surface area (Å²) in [7, 11) is 0. The van der Waals surface area contributed by atoms with Gasteiger partial charge in [0, 0.05) is 38.1 Å². The average molecular weight is 480 g/mol. The van der Waals surface area contributed by atoms with E-state index in [1.165, 1.54) is 12.2 Å². The molecule has 0 aromatic heterocycles. The summed E-state index contributed by atoms with van der Waals surface area (Å²) in [6.07, 6.45) is 5.52. The quantitative estimate of drug-likeness (QED) is 0.186. The minimum absolute atomic E-state index is 0.133. The van der Waals surface area contributed by atoms with Crippen LogP contribution >= 0.6 is 0 Å². The fraction of sp³-hybridized carbons (Fsp3) is 0.652. The number of hydrogen-bond donors (Lipinski definition) is 4. The van der Waals surface area contributed by atoms with Gasteiger partial charge in [0.05, 0.1) is 6.04 Å². The summed E-state index contributed by atoms with van der Waals surface area (Å²) in [6.45, 7) is 5.91. The molecule has 0 saturated heterocycles. The Morgan fingerprint density at radius 2 is 1.62 bits per heavy atom. The van der Waals surface area contributed by atoms with Gasteiger partial charge in [0.2, 0.25) is 11.8 Å². The van der Waals surface area contributed by atoms with Crippen LogP contribution in [0.25, 0.3) is 0 Å². The molecule has 1 aliphatic heterocycles. The van der Waals surface area contributed by atoms with Crippen LogP contribution in [0.2, 0.25) is 0 Å². The second kappa shape index (κ2) is 14.8. The molecule has 11 heteroatoms. The van der Waals surface area contributed by atoms with Crippen LogP contribution in [-0.2, 0) is 24.0 Å². The Balaban J connectivity index is 2.48. The summed E-state index contributed by atoms with van der Waals surface area (Å²) in [4.78, 5) is 72.5. The molecule has 11 nitrogen and oxygen atoms in total. The number of Topliss-reactive ketones (excluding diaryl/α,β-unsaturated/α-hetero) is 1. The predicted octanol–water partition coefficient (Wildman–Crippen LogP) is 0.525. The molecule has 6 amide bonds. The summed E-state index contributed by atoms with van der Waals surface area (Å²) < 4.78 is 0. The summed E-state index contributed by atoms with van der Waals surface area (Å²) in [5.74, 6) is -1.69. The van der Waals surface area contributed by atoms with Gasteiger partial charge in [0.15, 0.2) is 5.78 Å². The highest BCUT2D eigenvalue weighted by atomic mass is 16.2. The number of urea groups is 1. The second-order valence-electron chi connectivity index (χ2n) is 8.58. The maximum absolute atomic E-state index is 12.8. The summed E-state index contributed by atoms with van der Waals surface area (Å²) >= 11 is 0. The predicted molar refractivity (Wildman–Crippen MR) is 125 cm³/mol. The lowest BCUT2D eigenvalue weighted by Gasteiger charge is -2.25. The average Bonchev–Trinajstić information content (AvgIpc) is 3.10. The molecule has 1 unspecified atom stereocenters. The fourth-order valence-corrected chi connectivity index (χ4v) is 3.50. The van der Waals surface area contributed by atoms with Crippen molar-refractivity contribution in [3.8, 4) is 0 Å². The first-order valence-electron chi connectivity index (χ1n) is 11.8. The van der Waals surface area contributed by atoms with Gasteiger partial charge in [-0.25, -0.2) is 4.79 Å². The van der Waals surface area contributed by atoms with Crippen molar-refractivity contribution < 1.29 is 28.8 Å². The molecule has 190 valence electrons. The largest absolute Gasteiger partial charge is 0.352 e. The van der Waals surface area contributed by atoms with Crippen molar-refractivity contribution in [3.05, 3.63) is 12.2 Å². The van der Waals surface area contributed by atoms with E-state index >= 15 is 0 Å². The molecule has 2 atom stereocenters. The van der Waals surface area contributed by atoms with Gasteiger partial charge in [-0.05, 0) is 31.6 Å². The van der Waals surface area contributed by atoms with Gasteiger partial charge in [-0.1, -0.05) is 27.2 Å². The van der Waals surface area contributed by atoms with Crippen LogP contribution in [-0.4, -0.2) is 65.5 Å². The smallest absolute Gasteiger partial charge is 0.312 e. The molecule has 0 aliphatic carbocycles. The van der Waals surface area contributed by atoms with Crippen molar-refractivity contribution in [1.29, 1.82) is 0 Å². The Morgan fingerprint density at radius 3 is 2.18 bits per heavy atom. The zero-order valence-electron chi connectivity index (χ0n) is 20.2. The van der Waals surface area contributed by atoms with Gasteiger partial charge in [0.25, 0.3) is 11.8 Å². The van der Waals surface area contributed by atoms with E-state index in [1.807, 2.05) is 0 Å². The maximum Gasteiger partial charge on any atom is 0.312 e. The van der Waals surface area contributed by atoms with Gasteiger partial charge < -0.3 is 21.7 Å². The number of nitrogens with two attached hydrogens (primary N) is 1. The molecule has 34 heavy (non-hydrogen) atoms. The van der Waals surface area contributed by atoms with Gasteiger partial charge in [-0.15, -0.1) is 0 Å². The number of rotatable bonds is 16. The zero-order valence-corrected chi connectivity index (χ0v) is 20.2. The van der Waals surface area contributed by atoms with E-state index in [2.05, 4.69) is 16.0 Å². The van der Waals surface area contributed by atoms with Crippen molar-refractivity contribution in [2.75, 3.05) is 13.1 Å². The molecular weight excluding hydrogens is 442 g/mol. The molecule has 0 aromatic carbocycles. The van der Waals surface area contributed by atoms with Crippen LogP contribution in [0, 0.1) is 5.92 Å². The van der Waals surface area contributed by atoms with Crippen molar-refractivity contribution in [3.63, 3.8) is 0 Å². The summed E-state index contributed by atoms with van der Waals surface area (Å²) in [5.41, 5.74) is 5.03. The second-order valence-corrected chi connectivity index (χ2v) is 8.58. The Labute approximate surface area is 200 Å². The molecule has 1 heterocycles. The number of unbranched alkanes of at least 4 members (excludes halogenated alkanes) is 2. The third-order valence-electron chi connectivity index (χ3n) is 5.47. The molecule has 1 rings (SSSR count). The van der Waals surface area contributed by atoms with E-state index < -0.39 is 24.0 Å². The minimum Gasteiger partial charge on any atom is -0.352 e. The molecule has 0 saturated carbocycles. The Hall–Kier alpha value is -3.24. The highest BCUT2D eigenvalue weighted by Gasteiger charge is 2.28. The molecule has 0 fully saturated rings. The van der Waals surface area contributed by atoms with Crippen molar-refractivity contribution >= 4 is 35.4 Å². The zero-order chi connectivity index (χ0) is 25.7. The number of primary amides is 1. The lowest BCUT2D eigenvalue weighted by atomic mass is 10.00. The molecule has 0 bridgehead atoms. The van der Waals surface area contributed by atoms with Gasteiger partial charge >= 0.3 is 6.03 Å². The topological polar surface area (TPSA) is 168 Å². The van der Waals surface area contributed by atoms with Crippen LogP contribution in [0.15, 0.2) is 12.2 Å². The molecule has 0 radical (unpaired) electrons. The van der Waals surface area contributed by atoms with Gasteiger partial charge in [-0.2, -0.15) is 0 Å². The fourth-order valence-electron chi connectivity index (χ4n) is 3.50. The van der Waals surface area contributed by atoms with E-state index in [4.69, 9.17) is 5.73 Å². The third-order valence-corrected chi connectivity index (χ3v) is 5.47. The van der Waals surface area contributed by atoms with E-state index in [1.54, 1.807) is 20.8 Å².